The second-order valence-electron chi connectivity index (χ2n) is 4.04. The second-order valence-corrected chi connectivity index (χ2v) is 4.04. The Morgan fingerprint density at radius 1 is 1.56 bits per heavy atom. The molecule has 0 saturated carbocycles. The number of aromatic nitrogens is 2. The van der Waals surface area contributed by atoms with Crippen molar-refractivity contribution < 1.29 is 0 Å². The van der Waals surface area contributed by atoms with Gasteiger partial charge in [0.25, 0.3) is 5.56 Å². The van der Waals surface area contributed by atoms with Crippen molar-refractivity contribution in [3.05, 3.63) is 26.9 Å². The maximum atomic E-state index is 11.6. The molecule has 1 aromatic heterocycles. The SMILES string of the molecule is CCn1c(=O)cc(N2CC[C@@H](N)C2)[nH]c1=O. The van der Waals surface area contributed by atoms with E-state index in [0.29, 0.717) is 18.9 Å². The van der Waals surface area contributed by atoms with E-state index in [0.717, 1.165) is 13.0 Å². The lowest BCUT2D eigenvalue weighted by Gasteiger charge is -2.17. The van der Waals surface area contributed by atoms with Crippen LogP contribution in [0.4, 0.5) is 5.82 Å². The first-order valence-corrected chi connectivity index (χ1v) is 5.46. The van der Waals surface area contributed by atoms with Gasteiger partial charge in [-0.2, -0.15) is 0 Å². The molecule has 0 bridgehead atoms. The molecule has 1 fully saturated rings. The fourth-order valence-corrected chi connectivity index (χ4v) is 1.98. The standard InChI is InChI=1S/C10H16N4O2/c1-2-14-9(15)5-8(12-10(14)16)13-4-3-7(11)6-13/h5,7H,2-4,6,11H2,1H3,(H,12,16)/t7-/m1/s1. The van der Waals surface area contributed by atoms with E-state index in [4.69, 9.17) is 5.73 Å². The van der Waals surface area contributed by atoms with Crippen molar-refractivity contribution in [2.45, 2.75) is 25.9 Å². The Hall–Kier alpha value is -1.56. The summed E-state index contributed by atoms with van der Waals surface area (Å²) < 4.78 is 1.17. The number of hydrogen-bond acceptors (Lipinski definition) is 4. The van der Waals surface area contributed by atoms with Gasteiger partial charge in [0.05, 0.1) is 0 Å². The number of nitrogens with one attached hydrogen (secondary N) is 1. The van der Waals surface area contributed by atoms with E-state index >= 15 is 0 Å². The van der Waals surface area contributed by atoms with Crippen LogP contribution < -0.4 is 21.9 Å². The molecule has 1 aliphatic rings. The van der Waals surface area contributed by atoms with Crippen LogP contribution in [0, 0.1) is 0 Å². The van der Waals surface area contributed by atoms with Crippen LogP contribution in [0.2, 0.25) is 0 Å². The van der Waals surface area contributed by atoms with Crippen molar-refractivity contribution >= 4 is 5.82 Å². The Bertz CT molecular complexity index is 459. The molecule has 0 spiro atoms. The van der Waals surface area contributed by atoms with Crippen molar-refractivity contribution in [3.63, 3.8) is 0 Å². The van der Waals surface area contributed by atoms with Gasteiger partial charge in [-0.15, -0.1) is 0 Å². The van der Waals surface area contributed by atoms with Gasteiger partial charge in [-0.3, -0.25) is 14.3 Å². The summed E-state index contributed by atoms with van der Waals surface area (Å²) in [5.41, 5.74) is 5.16. The summed E-state index contributed by atoms with van der Waals surface area (Å²) in [4.78, 5) is 27.8. The predicted molar refractivity (Wildman–Crippen MR) is 61.8 cm³/mol. The molecule has 1 aliphatic heterocycles. The Balaban J connectivity index is 2.37. The van der Waals surface area contributed by atoms with Crippen LogP contribution >= 0.6 is 0 Å². The van der Waals surface area contributed by atoms with E-state index in [1.54, 1.807) is 6.92 Å². The number of nitrogens with two attached hydrogens (primary N) is 1. The van der Waals surface area contributed by atoms with Gasteiger partial charge in [0.1, 0.15) is 5.82 Å². The summed E-state index contributed by atoms with van der Waals surface area (Å²) in [5, 5.41) is 0. The summed E-state index contributed by atoms with van der Waals surface area (Å²) in [6, 6.07) is 1.58. The van der Waals surface area contributed by atoms with Gasteiger partial charge >= 0.3 is 5.69 Å². The van der Waals surface area contributed by atoms with E-state index in [-0.39, 0.29) is 17.3 Å². The Morgan fingerprint density at radius 3 is 2.81 bits per heavy atom. The highest BCUT2D eigenvalue weighted by atomic mass is 16.2. The minimum atomic E-state index is -0.356. The van der Waals surface area contributed by atoms with Crippen LogP contribution in [-0.2, 0) is 6.54 Å². The molecule has 0 amide bonds. The van der Waals surface area contributed by atoms with E-state index in [1.165, 1.54) is 10.6 Å². The lowest BCUT2D eigenvalue weighted by atomic mass is 10.3. The lowest BCUT2D eigenvalue weighted by Crippen LogP contribution is -2.37. The quantitative estimate of drug-likeness (QED) is 0.681. The monoisotopic (exact) mass is 224 g/mol. The van der Waals surface area contributed by atoms with E-state index in [9.17, 15) is 9.59 Å². The van der Waals surface area contributed by atoms with E-state index in [2.05, 4.69) is 4.98 Å². The number of H-pyrrole nitrogens is 1. The molecule has 0 aromatic carbocycles. The zero-order valence-corrected chi connectivity index (χ0v) is 9.27. The van der Waals surface area contributed by atoms with Crippen LogP contribution in [0.15, 0.2) is 15.7 Å². The normalized spacial score (nSPS) is 20.4. The summed E-state index contributed by atoms with van der Waals surface area (Å²) in [6.45, 7) is 3.62. The maximum absolute atomic E-state index is 11.6. The number of aromatic amines is 1. The third kappa shape index (κ3) is 1.88. The summed E-state index contributed by atoms with van der Waals surface area (Å²) in [7, 11) is 0. The average Bonchev–Trinajstić information content (AvgIpc) is 2.64. The molecule has 1 aromatic rings. The van der Waals surface area contributed by atoms with Gasteiger partial charge in [-0.1, -0.05) is 0 Å². The van der Waals surface area contributed by atoms with Gasteiger partial charge < -0.3 is 10.6 Å². The topological polar surface area (TPSA) is 84.1 Å². The fraction of sp³-hybridized carbons (Fsp3) is 0.600. The molecule has 3 N–H and O–H groups in total. The van der Waals surface area contributed by atoms with Crippen LogP contribution in [0.25, 0.3) is 0 Å². The Labute approximate surface area is 92.7 Å². The molecule has 6 heteroatoms. The van der Waals surface area contributed by atoms with Gasteiger partial charge in [-0.05, 0) is 13.3 Å². The number of rotatable bonds is 2. The molecule has 0 radical (unpaired) electrons. The van der Waals surface area contributed by atoms with Gasteiger partial charge in [0, 0.05) is 31.7 Å². The van der Waals surface area contributed by atoms with Crippen LogP contribution in [0.5, 0.6) is 0 Å². The zero-order chi connectivity index (χ0) is 11.7. The van der Waals surface area contributed by atoms with Crippen molar-refractivity contribution in [2.75, 3.05) is 18.0 Å². The van der Waals surface area contributed by atoms with Gasteiger partial charge in [0.2, 0.25) is 0 Å². The molecule has 88 valence electrons. The van der Waals surface area contributed by atoms with Crippen molar-refractivity contribution in [2.24, 2.45) is 5.73 Å². The first-order valence-electron chi connectivity index (χ1n) is 5.46. The molecule has 1 atom stereocenters. The average molecular weight is 224 g/mol. The summed E-state index contributed by atoms with van der Waals surface area (Å²) in [5.74, 6) is 0.577. The molecule has 0 aliphatic carbocycles. The third-order valence-electron chi connectivity index (χ3n) is 2.89. The van der Waals surface area contributed by atoms with Crippen molar-refractivity contribution in [1.29, 1.82) is 0 Å². The first-order chi connectivity index (χ1) is 7.61. The number of nitrogens with zero attached hydrogens (tertiary/aromatic N) is 2. The molecular formula is C10H16N4O2. The Kier molecular flexibility index (Phi) is 2.82. The van der Waals surface area contributed by atoms with Crippen LogP contribution in [0.1, 0.15) is 13.3 Å². The van der Waals surface area contributed by atoms with Crippen LogP contribution in [0.3, 0.4) is 0 Å². The maximum Gasteiger partial charge on any atom is 0.329 e. The smallest absolute Gasteiger partial charge is 0.329 e. The highest BCUT2D eigenvalue weighted by Gasteiger charge is 2.20. The molecular weight excluding hydrogens is 208 g/mol. The Morgan fingerprint density at radius 2 is 2.31 bits per heavy atom. The molecule has 2 rings (SSSR count). The first kappa shape index (κ1) is 10.9. The van der Waals surface area contributed by atoms with Crippen LogP contribution in [-0.4, -0.2) is 28.7 Å². The summed E-state index contributed by atoms with van der Waals surface area (Å²) in [6.07, 6.45) is 0.888. The third-order valence-corrected chi connectivity index (χ3v) is 2.89. The molecule has 0 unspecified atom stereocenters. The van der Waals surface area contributed by atoms with E-state index in [1.807, 2.05) is 4.90 Å². The second kappa shape index (κ2) is 4.13. The highest BCUT2D eigenvalue weighted by Crippen LogP contribution is 2.13. The zero-order valence-electron chi connectivity index (χ0n) is 9.27. The largest absolute Gasteiger partial charge is 0.356 e. The highest BCUT2D eigenvalue weighted by molar-refractivity contribution is 5.38. The van der Waals surface area contributed by atoms with Gasteiger partial charge in [-0.25, -0.2) is 4.79 Å². The molecule has 6 nitrogen and oxygen atoms in total. The van der Waals surface area contributed by atoms with Gasteiger partial charge in [0.15, 0.2) is 0 Å². The number of hydrogen-bond donors (Lipinski definition) is 2. The fourth-order valence-electron chi connectivity index (χ4n) is 1.98. The minimum absolute atomic E-state index is 0.122. The number of anilines is 1. The summed E-state index contributed by atoms with van der Waals surface area (Å²) >= 11 is 0. The van der Waals surface area contributed by atoms with Crippen molar-refractivity contribution in [1.82, 2.24) is 9.55 Å². The lowest BCUT2D eigenvalue weighted by molar-refractivity contribution is 0.668. The van der Waals surface area contributed by atoms with Crippen molar-refractivity contribution in [3.8, 4) is 0 Å². The minimum Gasteiger partial charge on any atom is -0.356 e. The molecule has 1 saturated heterocycles. The predicted octanol–water partition coefficient (Wildman–Crippen LogP) is -0.906. The molecule has 2 heterocycles. The molecule has 16 heavy (non-hydrogen) atoms. The van der Waals surface area contributed by atoms with E-state index < -0.39 is 0 Å².